The molecule has 98 valence electrons. The number of para-hydroxylation sites is 1. The molecule has 1 amide bonds. The maximum absolute atomic E-state index is 12.2. The second-order valence-corrected chi connectivity index (χ2v) is 4.34. The molecule has 2 rings (SSSR count). The fourth-order valence-corrected chi connectivity index (χ4v) is 1.96. The van der Waals surface area contributed by atoms with Crippen LogP contribution >= 0.6 is 0 Å². The van der Waals surface area contributed by atoms with Crippen molar-refractivity contribution in [3.8, 4) is 5.75 Å². The molecule has 0 aromatic heterocycles. The molecule has 0 radical (unpaired) electrons. The lowest BCUT2D eigenvalue weighted by Crippen LogP contribution is -2.26. The number of methoxy groups -OCH3 is 1. The molecule has 0 saturated carbocycles. The number of hydrogen-bond acceptors (Lipinski definition) is 2. The summed E-state index contributed by atoms with van der Waals surface area (Å²) in [5, 5.41) is 0. The summed E-state index contributed by atoms with van der Waals surface area (Å²) < 4.78 is 5.29. The average Bonchev–Trinajstić information content (AvgIpc) is 2.48. The molecule has 2 aromatic carbocycles. The lowest BCUT2D eigenvalue weighted by atomic mass is 10.1. The summed E-state index contributed by atoms with van der Waals surface area (Å²) in [4.78, 5) is 13.9. The first-order chi connectivity index (χ1) is 9.22. The van der Waals surface area contributed by atoms with Crippen LogP contribution in [0.1, 0.15) is 15.9 Å². The zero-order valence-electron chi connectivity index (χ0n) is 11.2. The predicted octanol–water partition coefficient (Wildman–Crippen LogP) is 2.97. The van der Waals surface area contributed by atoms with Crippen molar-refractivity contribution in [1.29, 1.82) is 0 Å². The van der Waals surface area contributed by atoms with Gasteiger partial charge in [0.2, 0.25) is 0 Å². The SMILES string of the molecule is COc1ccccc1CN(C)C(=O)c1ccccc1. The van der Waals surface area contributed by atoms with Gasteiger partial charge in [0.25, 0.3) is 5.91 Å². The van der Waals surface area contributed by atoms with Crippen LogP contribution < -0.4 is 4.74 Å². The van der Waals surface area contributed by atoms with Gasteiger partial charge in [-0.1, -0.05) is 36.4 Å². The molecule has 0 bridgehead atoms. The molecule has 0 aliphatic heterocycles. The monoisotopic (exact) mass is 255 g/mol. The maximum atomic E-state index is 12.2. The van der Waals surface area contributed by atoms with Crippen molar-refractivity contribution < 1.29 is 9.53 Å². The Bertz CT molecular complexity index is 552. The van der Waals surface area contributed by atoms with E-state index in [4.69, 9.17) is 4.74 Å². The van der Waals surface area contributed by atoms with Crippen molar-refractivity contribution in [3.05, 3.63) is 65.7 Å². The topological polar surface area (TPSA) is 29.5 Å². The van der Waals surface area contributed by atoms with Gasteiger partial charge in [0.15, 0.2) is 0 Å². The van der Waals surface area contributed by atoms with Crippen LogP contribution in [0.2, 0.25) is 0 Å². The number of nitrogens with zero attached hydrogens (tertiary/aromatic N) is 1. The summed E-state index contributed by atoms with van der Waals surface area (Å²) in [6.45, 7) is 0.526. The van der Waals surface area contributed by atoms with E-state index in [0.29, 0.717) is 12.1 Å². The van der Waals surface area contributed by atoms with Crippen LogP contribution in [0.15, 0.2) is 54.6 Å². The van der Waals surface area contributed by atoms with E-state index in [9.17, 15) is 4.79 Å². The van der Waals surface area contributed by atoms with E-state index in [1.54, 1.807) is 19.1 Å². The van der Waals surface area contributed by atoms with Crippen LogP contribution in [-0.2, 0) is 6.54 Å². The highest BCUT2D eigenvalue weighted by molar-refractivity contribution is 5.93. The number of rotatable bonds is 4. The van der Waals surface area contributed by atoms with Gasteiger partial charge in [0.05, 0.1) is 7.11 Å². The molecule has 0 spiro atoms. The molecular weight excluding hydrogens is 238 g/mol. The summed E-state index contributed by atoms with van der Waals surface area (Å²) in [5.41, 5.74) is 1.69. The van der Waals surface area contributed by atoms with E-state index < -0.39 is 0 Å². The van der Waals surface area contributed by atoms with Gasteiger partial charge >= 0.3 is 0 Å². The van der Waals surface area contributed by atoms with Gasteiger partial charge < -0.3 is 9.64 Å². The van der Waals surface area contributed by atoms with Gasteiger partial charge in [-0.3, -0.25) is 4.79 Å². The third kappa shape index (κ3) is 3.13. The van der Waals surface area contributed by atoms with E-state index in [1.807, 2.05) is 54.6 Å². The first-order valence-corrected chi connectivity index (χ1v) is 6.15. The van der Waals surface area contributed by atoms with E-state index in [0.717, 1.165) is 11.3 Å². The number of ether oxygens (including phenoxy) is 1. The molecule has 0 N–H and O–H groups in total. The summed E-state index contributed by atoms with van der Waals surface area (Å²) in [6.07, 6.45) is 0. The number of carbonyl (C=O) groups excluding carboxylic acids is 1. The van der Waals surface area contributed by atoms with Gasteiger partial charge in [-0.05, 0) is 18.2 Å². The minimum atomic E-state index is 0.00602. The second-order valence-electron chi connectivity index (χ2n) is 4.34. The van der Waals surface area contributed by atoms with Crippen LogP contribution in [0.4, 0.5) is 0 Å². The number of amides is 1. The van der Waals surface area contributed by atoms with Gasteiger partial charge in [0.1, 0.15) is 5.75 Å². The Balaban J connectivity index is 2.13. The minimum absolute atomic E-state index is 0.00602. The molecule has 19 heavy (non-hydrogen) atoms. The first-order valence-electron chi connectivity index (χ1n) is 6.15. The Morgan fingerprint density at radius 1 is 1.05 bits per heavy atom. The summed E-state index contributed by atoms with van der Waals surface area (Å²) in [5.74, 6) is 0.807. The second kappa shape index (κ2) is 6.05. The minimum Gasteiger partial charge on any atom is -0.496 e. The smallest absolute Gasteiger partial charge is 0.253 e. The van der Waals surface area contributed by atoms with Crippen molar-refractivity contribution >= 4 is 5.91 Å². The summed E-state index contributed by atoms with van der Waals surface area (Å²) in [6, 6.07) is 17.0. The molecule has 0 heterocycles. The zero-order valence-corrected chi connectivity index (χ0v) is 11.2. The fraction of sp³-hybridized carbons (Fsp3) is 0.188. The molecule has 3 heteroatoms. The van der Waals surface area contributed by atoms with Crippen molar-refractivity contribution in [2.75, 3.05) is 14.2 Å². The molecule has 0 unspecified atom stereocenters. The summed E-state index contributed by atoms with van der Waals surface area (Å²) >= 11 is 0. The molecule has 0 atom stereocenters. The van der Waals surface area contributed by atoms with E-state index in [1.165, 1.54) is 0 Å². The van der Waals surface area contributed by atoms with Crippen LogP contribution in [0.5, 0.6) is 5.75 Å². The molecule has 0 saturated heterocycles. The Labute approximate surface area is 113 Å². The first kappa shape index (κ1) is 13.1. The molecule has 0 aliphatic carbocycles. The lowest BCUT2D eigenvalue weighted by molar-refractivity contribution is 0.0784. The molecular formula is C16H17NO2. The number of carbonyl (C=O) groups is 1. The van der Waals surface area contributed by atoms with Crippen LogP contribution in [0, 0.1) is 0 Å². The van der Waals surface area contributed by atoms with Gasteiger partial charge in [-0.25, -0.2) is 0 Å². The predicted molar refractivity (Wildman–Crippen MR) is 75.2 cm³/mol. The maximum Gasteiger partial charge on any atom is 0.253 e. The third-order valence-corrected chi connectivity index (χ3v) is 2.97. The quantitative estimate of drug-likeness (QED) is 0.840. The van der Waals surface area contributed by atoms with Gasteiger partial charge in [-0.2, -0.15) is 0 Å². The average molecular weight is 255 g/mol. The van der Waals surface area contributed by atoms with Crippen LogP contribution in [-0.4, -0.2) is 25.0 Å². The Kier molecular flexibility index (Phi) is 4.18. The summed E-state index contributed by atoms with van der Waals surface area (Å²) in [7, 11) is 3.43. The molecule has 2 aromatic rings. The van der Waals surface area contributed by atoms with Crippen molar-refractivity contribution in [3.63, 3.8) is 0 Å². The highest BCUT2D eigenvalue weighted by atomic mass is 16.5. The Morgan fingerprint density at radius 2 is 1.68 bits per heavy atom. The highest BCUT2D eigenvalue weighted by Crippen LogP contribution is 2.19. The zero-order chi connectivity index (χ0) is 13.7. The van der Waals surface area contributed by atoms with Gasteiger partial charge in [0, 0.05) is 24.7 Å². The van der Waals surface area contributed by atoms with E-state index >= 15 is 0 Å². The normalized spacial score (nSPS) is 10.0. The van der Waals surface area contributed by atoms with Crippen molar-refractivity contribution in [2.24, 2.45) is 0 Å². The molecule has 0 aliphatic rings. The number of benzene rings is 2. The van der Waals surface area contributed by atoms with E-state index in [-0.39, 0.29) is 5.91 Å². The fourth-order valence-electron chi connectivity index (χ4n) is 1.96. The lowest BCUT2D eigenvalue weighted by Gasteiger charge is -2.18. The van der Waals surface area contributed by atoms with E-state index in [2.05, 4.69) is 0 Å². The largest absolute Gasteiger partial charge is 0.496 e. The van der Waals surface area contributed by atoms with Crippen molar-refractivity contribution in [2.45, 2.75) is 6.54 Å². The Morgan fingerprint density at radius 3 is 2.37 bits per heavy atom. The Hall–Kier alpha value is -2.29. The standard InChI is InChI=1S/C16H17NO2/c1-17(16(18)13-8-4-3-5-9-13)12-14-10-6-7-11-15(14)19-2/h3-11H,12H2,1-2H3. The number of hydrogen-bond donors (Lipinski definition) is 0. The van der Waals surface area contributed by atoms with Crippen LogP contribution in [0.25, 0.3) is 0 Å². The highest BCUT2D eigenvalue weighted by Gasteiger charge is 2.13. The van der Waals surface area contributed by atoms with Crippen molar-refractivity contribution in [1.82, 2.24) is 4.90 Å². The van der Waals surface area contributed by atoms with Gasteiger partial charge in [-0.15, -0.1) is 0 Å². The molecule has 0 fully saturated rings. The van der Waals surface area contributed by atoms with Crippen LogP contribution in [0.3, 0.4) is 0 Å². The molecule has 3 nitrogen and oxygen atoms in total. The third-order valence-electron chi connectivity index (χ3n) is 2.97.